The molecule has 0 saturated heterocycles. The van der Waals surface area contributed by atoms with Crippen LogP contribution in [0.4, 0.5) is 5.82 Å². The van der Waals surface area contributed by atoms with Crippen molar-refractivity contribution in [2.75, 3.05) is 10.8 Å². The fourth-order valence-corrected chi connectivity index (χ4v) is 5.70. The number of aryl methyl sites for hydroxylation is 1. The molecular formula is C24H25N5O3S. The maximum atomic E-state index is 12.7. The van der Waals surface area contributed by atoms with Crippen molar-refractivity contribution in [1.82, 2.24) is 9.55 Å². The lowest BCUT2D eigenvalue weighted by Gasteiger charge is -2.20. The lowest BCUT2D eigenvalue weighted by Crippen LogP contribution is -2.34. The topological polar surface area (TPSA) is 112 Å². The Morgan fingerprint density at radius 1 is 1.24 bits per heavy atom. The maximum absolute atomic E-state index is 12.7. The summed E-state index contributed by atoms with van der Waals surface area (Å²) in [6, 6.07) is 13.3. The molecule has 9 heteroatoms. The number of hydrogen-bond acceptors (Lipinski definition) is 6. The quantitative estimate of drug-likeness (QED) is 0.463. The van der Waals surface area contributed by atoms with Crippen molar-refractivity contribution in [2.24, 2.45) is 0 Å². The zero-order valence-electron chi connectivity index (χ0n) is 18.8. The van der Waals surface area contributed by atoms with E-state index >= 15 is 0 Å². The molecule has 8 nitrogen and oxygen atoms in total. The zero-order valence-corrected chi connectivity index (χ0v) is 19.6. The van der Waals surface area contributed by atoms with Crippen LogP contribution in [0.1, 0.15) is 39.2 Å². The lowest BCUT2D eigenvalue weighted by molar-refractivity contribution is 0.242. The Balaban J connectivity index is 1.80. The Bertz CT molecular complexity index is 1370. The van der Waals surface area contributed by atoms with Crippen LogP contribution < -0.4 is 9.04 Å². The molecule has 0 radical (unpaired) electrons. The average Bonchev–Trinajstić information content (AvgIpc) is 3.60. The number of benzene rings is 1. The van der Waals surface area contributed by atoms with Crippen molar-refractivity contribution < 1.29 is 13.2 Å². The Hall–Kier alpha value is -3.56. The Morgan fingerprint density at radius 3 is 2.55 bits per heavy atom. The smallest absolute Gasteiger partial charge is 0.240 e. The van der Waals surface area contributed by atoms with Crippen LogP contribution in [-0.2, 0) is 16.6 Å². The van der Waals surface area contributed by atoms with Crippen molar-refractivity contribution in [2.45, 2.75) is 51.5 Å². The number of hydrogen-bond donors (Lipinski definition) is 0. The van der Waals surface area contributed by atoms with Crippen LogP contribution in [0, 0.1) is 22.7 Å². The van der Waals surface area contributed by atoms with Crippen LogP contribution >= 0.6 is 0 Å². The van der Waals surface area contributed by atoms with E-state index < -0.39 is 15.3 Å². The Labute approximate surface area is 193 Å². The van der Waals surface area contributed by atoms with Crippen molar-refractivity contribution in [3.05, 3.63) is 42.1 Å². The van der Waals surface area contributed by atoms with Crippen LogP contribution in [-0.4, -0.2) is 35.9 Å². The summed E-state index contributed by atoms with van der Waals surface area (Å²) >= 11 is 0. The highest BCUT2D eigenvalue weighted by atomic mass is 32.2. The van der Waals surface area contributed by atoms with E-state index in [-0.39, 0.29) is 18.5 Å². The van der Waals surface area contributed by atoms with Crippen LogP contribution in [0.15, 0.2) is 36.5 Å². The molecule has 33 heavy (non-hydrogen) atoms. The second-order valence-electron chi connectivity index (χ2n) is 8.24. The SMILES string of the molecule is CCn1c(-c2ccc(N(CC#N)S(=O)(=O)C3CC3)nc2)c(C#N)c2ccc(OC(C)C)cc21. The molecule has 170 valence electrons. The summed E-state index contributed by atoms with van der Waals surface area (Å²) in [5, 5.41) is 19.5. The normalized spacial score (nSPS) is 13.6. The second kappa shape index (κ2) is 8.76. The molecule has 0 bridgehead atoms. The number of anilines is 1. The largest absolute Gasteiger partial charge is 0.491 e. The summed E-state index contributed by atoms with van der Waals surface area (Å²) in [5.41, 5.74) is 2.82. The predicted octanol–water partition coefficient (Wildman–Crippen LogP) is 4.20. The second-order valence-corrected chi connectivity index (χ2v) is 10.4. The van der Waals surface area contributed by atoms with Crippen molar-refractivity contribution in [1.29, 1.82) is 10.5 Å². The van der Waals surface area contributed by atoms with Gasteiger partial charge in [-0.05, 0) is 57.9 Å². The molecule has 0 atom stereocenters. The van der Waals surface area contributed by atoms with Gasteiger partial charge in [0, 0.05) is 29.8 Å². The average molecular weight is 464 g/mol. The molecule has 1 aliphatic rings. The molecule has 2 aromatic heterocycles. The molecule has 0 aliphatic heterocycles. The van der Waals surface area contributed by atoms with Crippen molar-refractivity contribution >= 4 is 26.7 Å². The van der Waals surface area contributed by atoms with Gasteiger partial charge in [-0.25, -0.2) is 17.7 Å². The van der Waals surface area contributed by atoms with Gasteiger partial charge in [-0.3, -0.25) is 0 Å². The van der Waals surface area contributed by atoms with E-state index in [0.29, 0.717) is 36.2 Å². The Morgan fingerprint density at radius 2 is 2.00 bits per heavy atom. The third kappa shape index (κ3) is 4.12. The highest BCUT2D eigenvalue weighted by Gasteiger charge is 2.40. The summed E-state index contributed by atoms with van der Waals surface area (Å²) in [6.45, 7) is 6.25. The number of fused-ring (bicyclic) bond motifs is 1. The first kappa shape index (κ1) is 22.6. The number of nitrogens with zero attached hydrogens (tertiary/aromatic N) is 5. The molecule has 0 N–H and O–H groups in total. The molecule has 2 heterocycles. The number of sulfonamides is 1. The van der Waals surface area contributed by atoms with Crippen LogP contribution in [0.5, 0.6) is 5.75 Å². The van der Waals surface area contributed by atoms with Gasteiger partial charge < -0.3 is 9.30 Å². The molecule has 0 unspecified atom stereocenters. The van der Waals surface area contributed by atoms with E-state index in [1.165, 1.54) is 0 Å². The monoisotopic (exact) mass is 463 g/mol. The van der Waals surface area contributed by atoms with E-state index in [4.69, 9.17) is 10.00 Å². The van der Waals surface area contributed by atoms with Gasteiger partial charge in [-0.1, -0.05) is 0 Å². The van der Waals surface area contributed by atoms with Gasteiger partial charge in [0.05, 0.1) is 34.2 Å². The fourth-order valence-electron chi connectivity index (χ4n) is 4.00. The van der Waals surface area contributed by atoms with Crippen molar-refractivity contribution in [3.63, 3.8) is 0 Å². The van der Waals surface area contributed by atoms with Gasteiger partial charge in [0.15, 0.2) is 0 Å². The Kier molecular flexibility index (Phi) is 6.01. The molecule has 1 aromatic carbocycles. The summed E-state index contributed by atoms with van der Waals surface area (Å²) in [5.74, 6) is 0.934. The molecule has 1 saturated carbocycles. The van der Waals surface area contributed by atoms with E-state index in [9.17, 15) is 13.7 Å². The third-order valence-corrected chi connectivity index (χ3v) is 7.82. The zero-order chi connectivity index (χ0) is 23.8. The lowest BCUT2D eigenvalue weighted by atomic mass is 10.1. The van der Waals surface area contributed by atoms with Crippen LogP contribution in [0.25, 0.3) is 22.2 Å². The number of pyridine rings is 1. The third-order valence-electron chi connectivity index (χ3n) is 5.58. The summed E-state index contributed by atoms with van der Waals surface area (Å²) < 4.78 is 34.4. The minimum atomic E-state index is -3.60. The van der Waals surface area contributed by atoms with Crippen LogP contribution in [0.3, 0.4) is 0 Å². The first-order valence-electron chi connectivity index (χ1n) is 10.9. The minimum absolute atomic E-state index is 0.0300. The van der Waals surface area contributed by atoms with Gasteiger partial charge in [0.2, 0.25) is 10.0 Å². The summed E-state index contributed by atoms with van der Waals surface area (Å²) in [6.07, 6.45) is 2.80. The molecule has 0 spiro atoms. The maximum Gasteiger partial charge on any atom is 0.240 e. The van der Waals surface area contributed by atoms with Gasteiger partial charge >= 0.3 is 0 Å². The standard InChI is InChI=1S/C24H25N5O3S/c1-4-28-22-13-18(32-16(2)3)6-9-20(22)21(14-26)24(28)17-5-10-23(27-15-17)29(12-11-25)33(30,31)19-7-8-19/h5-6,9-10,13,15-16,19H,4,7-8,12H2,1-3H3. The number of nitriles is 2. The highest BCUT2D eigenvalue weighted by Crippen LogP contribution is 2.37. The number of aromatic nitrogens is 2. The molecule has 4 rings (SSSR count). The molecule has 3 aromatic rings. The molecular weight excluding hydrogens is 438 g/mol. The molecule has 1 aliphatic carbocycles. The first-order valence-corrected chi connectivity index (χ1v) is 12.4. The van der Waals surface area contributed by atoms with Gasteiger partial charge in [0.1, 0.15) is 24.2 Å². The van der Waals surface area contributed by atoms with E-state index in [0.717, 1.165) is 21.0 Å². The van der Waals surface area contributed by atoms with Gasteiger partial charge in [0.25, 0.3) is 0 Å². The fraction of sp³-hybridized carbons (Fsp3) is 0.375. The minimum Gasteiger partial charge on any atom is -0.491 e. The van der Waals surface area contributed by atoms with Crippen LogP contribution in [0.2, 0.25) is 0 Å². The number of rotatable bonds is 8. The summed E-state index contributed by atoms with van der Waals surface area (Å²) in [4.78, 5) is 4.38. The van der Waals surface area contributed by atoms with Gasteiger partial charge in [-0.2, -0.15) is 10.5 Å². The summed E-state index contributed by atoms with van der Waals surface area (Å²) in [7, 11) is -3.60. The predicted molar refractivity (Wildman–Crippen MR) is 126 cm³/mol. The van der Waals surface area contributed by atoms with Crippen molar-refractivity contribution in [3.8, 4) is 29.1 Å². The molecule has 0 amide bonds. The number of ether oxygens (including phenoxy) is 1. The van der Waals surface area contributed by atoms with Gasteiger partial charge in [-0.15, -0.1) is 0 Å². The van der Waals surface area contributed by atoms with E-state index in [1.807, 2.05) is 49.6 Å². The molecule has 1 fully saturated rings. The van der Waals surface area contributed by atoms with E-state index in [2.05, 4.69) is 11.1 Å². The first-order chi connectivity index (χ1) is 15.8. The highest BCUT2D eigenvalue weighted by molar-refractivity contribution is 7.93. The van der Waals surface area contributed by atoms with E-state index in [1.54, 1.807) is 18.3 Å².